The van der Waals surface area contributed by atoms with Crippen LogP contribution in [-0.4, -0.2) is 67.3 Å². The average molecular weight is 480 g/mol. The van der Waals surface area contributed by atoms with Crippen molar-refractivity contribution >= 4 is 18.0 Å². The van der Waals surface area contributed by atoms with Gasteiger partial charge in [-0.25, -0.2) is 9.59 Å². The highest BCUT2D eigenvalue weighted by atomic mass is 16.5. The molecule has 0 saturated heterocycles. The molecular formula is C27H33N3O5. The highest BCUT2D eigenvalue weighted by molar-refractivity contribution is 5.84. The van der Waals surface area contributed by atoms with E-state index >= 15 is 0 Å². The van der Waals surface area contributed by atoms with E-state index in [1.165, 1.54) is 22.3 Å². The number of nitrogens with one attached hydrogen (secondary N) is 2. The maximum atomic E-state index is 12.5. The van der Waals surface area contributed by atoms with E-state index in [9.17, 15) is 19.5 Å². The number of carboxylic acids is 1. The van der Waals surface area contributed by atoms with E-state index in [0.717, 1.165) is 12.8 Å². The van der Waals surface area contributed by atoms with E-state index in [2.05, 4.69) is 34.9 Å². The first-order valence-electron chi connectivity index (χ1n) is 12.1. The lowest BCUT2D eigenvalue weighted by Gasteiger charge is -2.20. The number of carboxylic acid groups (broad SMARTS) is 1. The van der Waals surface area contributed by atoms with Gasteiger partial charge < -0.3 is 25.4 Å². The first-order valence-corrected chi connectivity index (χ1v) is 12.1. The van der Waals surface area contributed by atoms with E-state index in [1.54, 1.807) is 19.0 Å². The molecule has 186 valence electrons. The van der Waals surface area contributed by atoms with E-state index in [-0.39, 0.29) is 43.4 Å². The van der Waals surface area contributed by atoms with Crippen LogP contribution < -0.4 is 10.6 Å². The van der Waals surface area contributed by atoms with Crippen LogP contribution in [-0.2, 0) is 14.3 Å². The molecule has 0 heterocycles. The van der Waals surface area contributed by atoms with Crippen LogP contribution in [0.15, 0.2) is 48.5 Å². The topological polar surface area (TPSA) is 108 Å². The lowest BCUT2D eigenvalue weighted by atomic mass is 9.98. The normalized spacial score (nSPS) is 19.6. The molecule has 2 aromatic rings. The van der Waals surface area contributed by atoms with Crippen LogP contribution >= 0.6 is 0 Å². The summed E-state index contributed by atoms with van der Waals surface area (Å²) >= 11 is 0. The molecule has 1 fully saturated rings. The average Bonchev–Trinajstić information content (AvgIpc) is 3.38. The van der Waals surface area contributed by atoms with Crippen LogP contribution in [0.4, 0.5) is 4.79 Å². The number of carbonyl (C=O) groups is 3. The van der Waals surface area contributed by atoms with Gasteiger partial charge in [-0.15, -0.1) is 0 Å². The van der Waals surface area contributed by atoms with E-state index in [4.69, 9.17) is 4.74 Å². The minimum atomic E-state index is -1.05. The van der Waals surface area contributed by atoms with Crippen LogP contribution in [0.5, 0.6) is 0 Å². The summed E-state index contributed by atoms with van der Waals surface area (Å²) in [5, 5.41) is 14.9. The SMILES string of the molecule is CN(C)C[C@H](NC(=O)C[C@H]1CC[C@@H](NC(=O)OCC2c3ccccc3-c3ccccc32)C1)C(=O)O. The van der Waals surface area contributed by atoms with Crippen molar-refractivity contribution < 1.29 is 24.2 Å². The third kappa shape index (κ3) is 6.00. The number of rotatable bonds is 9. The fraction of sp³-hybridized carbons (Fsp3) is 0.444. The third-order valence-corrected chi connectivity index (χ3v) is 6.86. The molecule has 2 amide bonds. The number of carbonyl (C=O) groups excluding carboxylic acids is 2. The summed E-state index contributed by atoms with van der Waals surface area (Å²) in [6, 6.07) is 15.4. The van der Waals surface area contributed by atoms with Gasteiger partial charge in [0.15, 0.2) is 0 Å². The van der Waals surface area contributed by atoms with Crippen molar-refractivity contribution in [3.05, 3.63) is 59.7 Å². The number of amides is 2. The second kappa shape index (κ2) is 10.9. The summed E-state index contributed by atoms with van der Waals surface area (Å²) in [6.07, 6.45) is 2.04. The Morgan fingerprint density at radius 3 is 2.26 bits per heavy atom. The van der Waals surface area contributed by atoms with Crippen LogP contribution in [0.25, 0.3) is 11.1 Å². The maximum Gasteiger partial charge on any atom is 0.407 e. The molecule has 8 heteroatoms. The Labute approximate surface area is 205 Å². The molecule has 0 aliphatic heterocycles. The predicted molar refractivity (Wildman–Crippen MR) is 132 cm³/mol. The first kappa shape index (κ1) is 24.7. The molecule has 35 heavy (non-hydrogen) atoms. The monoisotopic (exact) mass is 479 g/mol. The quantitative estimate of drug-likeness (QED) is 0.510. The molecule has 8 nitrogen and oxygen atoms in total. The van der Waals surface area contributed by atoms with Crippen LogP contribution in [0, 0.1) is 5.92 Å². The summed E-state index contributed by atoms with van der Waals surface area (Å²) in [6.45, 7) is 0.499. The van der Waals surface area contributed by atoms with Gasteiger partial charge in [0.05, 0.1) is 0 Å². The van der Waals surface area contributed by atoms with Crippen molar-refractivity contribution in [2.75, 3.05) is 27.2 Å². The van der Waals surface area contributed by atoms with Crippen LogP contribution in [0.3, 0.4) is 0 Å². The molecule has 0 radical (unpaired) electrons. The number of ether oxygens (including phenoxy) is 1. The number of nitrogens with zero attached hydrogens (tertiary/aromatic N) is 1. The largest absolute Gasteiger partial charge is 0.480 e. The number of alkyl carbamates (subject to hydrolysis) is 1. The molecule has 0 bridgehead atoms. The van der Waals surface area contributed by atoms with Crippen LogP contribution in [0.1, 0.15) is 42.7 Å². The van der Waals surface area contributed by atoms with Crippen molar-refractivity contribution in [3.63, 3.8) is 0 Å². The number of aliphatic carboxylic acids is 1. The van der Waals surface area contributed by atoms with Crippen LogP contribution in [0.2, 0.25) is 0 Å². The first-order chi connectivity index (χ1) is 16.8. The van der Waals surface area contributed by atoms with Gasteiger partial charge in [-0.05, 0) is 61.5 Å². The second-order valence-corrected chi connectivity index (χ2v) is 9.77. The molecule has 1 saturated carbocycles. The number of hydrogen-bond acceptors (Lipinski definition) is 5. The highest BCUT2D eigenvalue weighted by Crippen LogP contribution is 2.44. The van der Waals surface area contributed by atoms with Crippen molar-refractivity contribution in [1.29, 1.82) is 0 Å². The van der Waals surface area contributed by atoms with Crippen molar-refractivity contribution in [2.24, 2.45) is 5.92 Å². The zero-order chi connectivity index (χ0) is 24.9. The number of fused-ring (bicyclic) bond motifs is 3. The molecule has 0 unspecified atom stereocenters. The number of benzene rings is 2. The Hall–Kier alpha value is -3.39. The van der Waals surface area contributed by atoms with Gasteiger partial charge in [0.25, 0.3) is 0 Å². The molecule has 3 N–H and O–H groups in total. The van der Waals surface area contributed by atoms with E-state index in [0.29, 0.717) is 6.42 Å². The fourth-order valence-corrected chi connectivity index (χ4v) is 5.26. The van der Waals surface area contributed by atoms with Gasteiger partial charge >= 0.3 is 12.1 Å². The summed E-state index contributed by atoms with van der Waals surface area (Å²) in [5.41, 5.74) is 4.71. The number of likely N-dealkylation sites (N-methyl/N-ethyl adjacent to an activating group) is 1. The van der Waals surface area contributed by atoms with Gasteiger partial charge in [-0.1, -0.05) is 48.5 Å². The minimum absolute atomic E-state index is 0.0116. The maximum absolute atomic E-state index is 12.5. The zero-order valence-corrected chi connectivity index (χ0v) is 20.2. The Bertz CT molecular complexity index is 1040. The molecule has 0 spiro atoms. The zero-order valence-electron chi connectivity index (χ0n) is 20.2. The highest BCUT2D eigenvalue weighted by Gasteiger charge is 2.31. The molecule has 0 aromatic heterocycles. The number of hydrogen-bond donors (Lipinski definition) is 3. The van der Waals surface area contributed by atoms with Gasteiger partial charge in [0.1, 0.15) is 12.6 Å². The molecule has 4 rings (SSSR count). The Kier molecular flexibility index (Phi) is 7.70. The Balaban J connectivity index is 1.24. The van der Waals surface area contributed by atoms with Gasteiger partial charge in [0, 0.05) is 24.9 Å². The van der Waals surface area contributed by atoms with E-state index in [1.807, 2.05) is 24.3 Å². The summed E-state index contributed by atoms with van der Waals surface area (Å²) < 4.78 is 5.63. The van der Waals surface area contributed by atoms with Crippen molar-refractivity contribution in [3.8, 4) is 11.1 Å². The third-order valence-electron chi connectivity index (χ3n) is 6.86. The molecule has 2 aliphatic rings. The van der Waals surface area contributed by atoms with Crippen molar-refractivity contribution in [2.45, 2.75) is 43.7 Å². The summed E-state index contributed by atoms with van der Waals surface area (Å²) in [7, 11) is 3.53. The summed E-state index contributed by atoms with van der Waals surface area (Å²) in [4.78, 5) is 38.0. The van der Waals surface area contributed by atoms with Gasteiger partial charge in [0.2, 0.25) is 5.91 Å². The van der Waals surface area contributed by atoms with Gasteiger partial charge in [-0.3, -0.25) is 4.79 Å². The van der Waals surface area contributed by atoms with Gasteiger partial charge in [-0.2, -0.15) is 0 Å². The minimum Gasteiger partial charge on any atom is -0.480 e. The second-order valence-electron chi connectivity index (χ2n) is 9.77. The lowest BCUT2D eigenvalue weighted by molar-refractivity contribution is -0.142. The lowest BCUT2D eigenvalue weighted by Crippen LogP contribution is -2.47. The van der Waals surface area contributed by atoms with Crippen molar-refractivity contribution in [1.82, 2.24) is 15.5 Å². The predicted octanol–water partition coefficient (Wildman–Crippen LogP) is 3.21. The Morgan fingerprint density at radius 1 is 1.03 bits per heavy atom. The summed E-state index contributed by atoms with van der Waals surface area (Å²) in [5.74, 6) is -1.21. The molecule has 2 aromatic carbocycles. The smallest absolute Gasteiger partial charge is 0.407 e. The Morgan fingerprint density at radius 2 is 1.66 bits per heavy atom. The fourth-order valence-electron chi connectivity index (χ4n) is 5.26. The molecule has 2 aliphatic carbocycles. The molecule has 3 atom stereocenters. The van der Waals surface area contributed by atoms with E-state index < -0.39 is 18.1 Å². The molecular weight excluding hydrogens is 446 g/mol. The standard InChI is InChI=1S/C27H33N3O5/c1-30(2)15-24(26(32)33)29-25(31)14-17-11-12-18(13-17)28-27(34)35-16-23-21-9-5-3-7-19(21)20-8-4-6-10-22(20)23/h3-10,17-18,23-24H,11-16H2,1-2H3,(H,28,34)(H,29,31)(H,32,33)/t17-,18+,24-/m0/s1.